The highest BCUT2D eigenvalue weighted by Gasteiger charge is 2.24. The summed E-state index contributed by atoms with van der Waals surface area (Å²) in [6.07, 6.45) is 1.72. The van der Waals surface area contributed by atoms with Gasteiger partial charge in [0.05, 0.1) is 6.04 Å². The third-order valence-corrected chi connectivity index (χ3v) is 4.60. The van der Waals surface area contributed by atoms with E-state index in [2.05, 4.69) is 27.9 Å². The Kier molecular flexibility index (Phi) is 3.67. The molecule has 1 aliphatic carbocycles. The Morgan fingerprint density at radius 1 is 1.26 bits per heavy atom. The molecule has 0 saturated heterocycles. The van der Waals surface area contributed by atoms with Gasteiger partial charge in [0, 0.05) is 14.3 Å². The van der Waals surface area contributed by atoms with E-state index in [4.69, 9.17) is 11.6 Å². The van der Waals surface area contributed by atoms with Crippen molar-refractivity contribution in [2.24, 2.45) is 0 Å². The first-order chi connectivity index (χ1) is 9.15. The standard InChI is InChI=1S/C15H12ClFIN/c16-9-4-6-15(13(18)8-9)19-14-7-5-10-11(14)2-1-3-12(10)17/h1-4,6,8,14,19H,5,7H2. The molecule has 0 aliphatic heterocycles. The van der Waals surface area contributed by atoms with Gasteiger partial charge in [-0.05, 0) is 70.8 Å². The van der Waals surface area contributed by atoms with E-state index >= 15 is 0 Å². The van der Waals surface area contributed by atoms with E-state index in [1.807, 2.05) is 24.3 Å². The first-order valence-corrected chi connectivity index (χ1v) is 7.59. The highest BCUT2D eigenvalue weighted by Crippen LogP contribution is 2.36. The Morgan fingerprint density at radius 2 is 2.11 bits per heavy atom. The summed E-state index contributed by atoms with van der Waals surface area (Å²) >= 11 is 8.21. The maximum Gasteiger partial charge on any atom is 0.126 e. The summed E-state index contributed by atoms with van der Waals surface area (Å²) in [5, 5.41) is 4.22. The van der Waals surface area contributed by atoms with Crippen LogP contribution in [0.5, 0.6) is 0 Å². The third-order valence-electron chi connectivity index (χ3n) is 3.47. The van der Waals surface area contributed by atoms with Crippen LogP contribution in [0, 0.1) is 9.39 Å². The van der Waals surface area contributed by atoms with Crippen molar-refractivity contribution in [1.29, 1.82) is 0 Å². The van der Waals surface area contributed by atoms with Crippen LogP contribution in [0.25, 0.3) is 0 Å². The molecule has 3 rings (SSSR count). The van der Waals surface area contributed by atoms with Gasteiger partial charge in [-0.1, -0.05) is 23.7 Å². The number of fused-ring (bicyclic) bond motifs is 1. The number of hydrogen-bond acceptors (Lipinski definition) is 1. The number of anilines is 1. The van der Waals surface area contributed by atoms with Crippen molar-refractivity contribution in [3.63, 3.8) is 0 Å². The Labute approximate surface area is 130 Å². The van der Waals surface area contributed by atoms with Gasteiger partial charge in [0.15, 0.2) is 0 Å². The Morgan fingerprint density at radius 3 is 2.89 bits per heavy atom. The Balaban J connectivity index is 1.89. The van der Waals surface area contributed by atoms with E-state index in [1.54, 1.807) is 6.07 Å². The predicted octanol–water partition coefficient (Wildman–Crippen LogP) is 5.18. The van der Waals surface area contributed by atoms with E-state index in [-0.39, 0.29) is 11.9 Å². The molecule has 0 radical (unpaired) electrons. The zero-order valence-electron chi connectivity index (χ0n) is 10.1. The van der Waals surface area contributed by atoms with Gasteiger partial charge in [0.2, 0.25) is 0 Å². The number of halogens is 3. The van der Waals surface area contributed by atoms with Crippen LogP contribution in [0.2, 0.25) is 5.02 Å². The third kappa shape index (κ3) is 2.58. The second kappa shape index (κ2) is 5.29. The maximum atomic E-state index is 13.7. The van der Waals surface area contributed by atoms with Crippen LogP contribution in [0.3, 0.4) is 0 Å². The molecule has 0 saturated carbocycles. The fourth-order valence-electron chi connectivity index (χ4n) is 2.55. The molecule has 2 aromatic carbocycles. The van der Waals surface area contributed by atoms with Crippen molar-refractivity contribution < 1.29 is 4.39 Å². The minimum absolute atomic E-state index is 0.0902. The molecule has 1 unspecified atom stereocenters. The summed E-state index contributed by atoms with van der Waals surface area (Å²) in [6, 6.07) is 11.3. The van der Waals surface area contributed by atoms with E-state index in [9.17, 15) is 4.39 Å². The van der Waals surface area contributed by atoms with Crippen LogP contribution >= 0.6 is 34.2 Å². The van der Waals surface area contributed by atoms with Crippen LogP contribution in [-0.2, 0) is 6.42 Å². The van der Waals surface area contributed by atoms with Crippen molar-refractivity contribution in [3.8, 4) is 0 Å². The van der Waals surface area contributed by atoms with E-state index in [0.717, 1.165) is 38.2 Å². The van der Waals surface area contributed by atoms with Crippen LogP contribution in [0.1, 0.15) is 23.6 Å². The normalized spacial score (nSPS) is 17.3. The van der Waals surface area contributed by atoms with Crippen molar-refractivity contribution in [2.45, 2.75) is 18.9 Å². The minimum Gasteiger partial charge on any atom is -0.377 e. The lowest BCUT2D eigenvalue weighted by atomic mass is 10.1. The Bertz CT molecular complexity index is 630. The molecule has 1 N–H and O–H groups in total. The van der Waals surface area contributed by atoms with Gasteiger partial charge < -0.3 is 5.32 Å². The fourth-order valence-corrected chi connectivity index (χ4v) is 3.58. The first kappa shape index (κ1) is 13.2. The highest BCUT2D eigenvalue weighted by molar-refractivity contribution is 14.1. The number of nitrogens with one attached hydrogen (secondary N) is 1. The molecule has 0 amide bonds. The van der Waals surface area contributed by atoms with Gasteiger partial charge in [-0.25, -0.2) is 4.39 Å². The molecule has 0 bridgehead atoms. The molecule has 19 heavy (non-hydrogen) atoms. The quantitative estimate of drug-likeness (QED) is 0.700. The number of benzene rings is 2. The summed E-state index contributed by atoms with van der Waals surface area (Å²) in [7, 11) is 0. The average Bonchev–Trinajstić information content (AvgIpc) is 2.78. The van der Waals surface area contributed by atoms with Crippen molar-refractivity contribution in [2.75, 3.05) is 5.32 Å². The summed E-state index contributed by atoms with van der Waals surface area (Å²) in [5.41, 5.74) is 2.97. The van der Waals surface area contributed by atoms with Crippen molar-refractivity contribution in [1.82, 2.24) is 0 Å². The number of rotatable bonds is 2. The molecule has 0 heterocycles. The molecule has 1 aliphatic rings. The SMILES string of the molecule is Fc1cccc2c1CCC2Nc1ccc(Cl)cc1I. The van der Waals surface area contributed by atoms with Crippen LogP contribution in [-0.4, -0.2) is 0 Å². The predicted molar refractivity (Wildman–Crippen MR) is 85.3 cm³/mol. The summed E-state index contributed by atoms with van der Waals surface area (Å²) in [4.78, 5) is 0. The molecule has 2 aromatic rings. The monoisotopic (exact) mass is 387 g/mol. The number of hydrogen-bond donors (Lipinski definition) is 1. The second-order valence-corrected chi connectivity index (χ2v) is 6.27. The maximum absolute atomic E-state index is 13.7. The molecule has 1 nitrogen and oxygen atoms in total. The molecule has 0 aromatic heterocycles. The zero-order chi connectivity index (χ0) is 13.4. The molecular formula is C15H12ClFIN. The summed E-state index contributed by atoms with van der Waals surface area (Å²) in [6.45, 7) is 0. The van der Waals surface area contributed by atoms with Crippen LogP contribution in [0.15, 0.2) is 36.4 Å². The second-order valence-electron chi connectivity index (χ2n) is 4.67. The molecule has 98 valence electrons. The largest absolute Gasteiger partial charge is 0.377 e. The van der Waals surface area contributed by atoms with Gasteiger partial charge in [-0.15, -0.1) is 0 Å². The van der Waals surface area contributed by atoms with Crippen molar-refractivity contribution in [3.05, 3.63) is 61.9 Å². The first-order valence-electron chi connectivity index (χ1n) is 6.14. The summed E-state index contributed by atoms with van der Waals surface area (Å²) < 4.78 is 14.8. The molecular weight excluding hydrogens is 376 g/mol. The van der Waals surface area contributed by atoms with Gasteiger partial charge in [-0.3, -0.25) is 0 Å². The molecule has 1 atom stereocenters. The zero-order valence-corrected chi connectivity index (χ0v) is 13.0. The lowest BCUT2D eigenvalue weighted by molar-refractivity contribution is 0.612. The fraction of sp³-hybridized carbons (Fsp3) is 0.200. The lowest BCUT2D eigenvalue weighted by Gasteiger charge is -2.17. The minimum atomic E-state index is -0.0902. The van der Waals surface area contributed by atoms with Gasteiger partial charge in [0.1, 0.15) is 5.82 Å². The van der Waals surface area contributed by atoms with E-state index in [0.29, 0.717) is 0 Å². The van der Waals surface area contributed by atoms with Crippen LogP contribution < -0.4 is 5.32 Å². The van der Waals surface area contributed by atoms with Gasteiger partial charge in [-0.2, -0.15) is 0 Å². The lowest BCUT2D eigenvalue weighted by Crippen LogP contribution is -2.08. The average molecular weight is 388 g/mol. The van der Waals surface area contributed by atoms with Gasteiger partial charge >= 0.3 is 0 Å². The van der Waals surface area contributed by atoms with Gasteiger partial charge in [0.25, 0.3) is 0 Å². The molecule has 0 fully saturated rings. The van der Waals surface area contributed by atoms with E-state index < -0.39 is 0 Å². The molecule has 4 heteroatoms. The summed E-state index contributed by atoms with van der Waals surface area (Å²) in [5.74, 6) is -0.0902. The Hall–Kier alpha value is -0.810. The molecule has 0 spiro atoms. The van der Waals surface area contributed by atoms with Crippen LogP contribution in [0.4, 0.5) is 10.1 Å². The van der Waals surface area contributed by atoms with E-state index in [1.165, 1.54) is 6.07 Å². The smallest absolute Gasteiger partial charge is 0.126 e. The highest BCUT2D eigenvalue weighted by atomic mass is 127. The topological polar surface area (TPSA) is 12.0 Å². The van der Waals surface area contributed by atoms with Crippen molar-refractivity contribution >= 4 is 39.9 Å².